The van der Waals surface area contributed by atoms with Crippen molar-refractivity contribution in [3.05, 3.63) is 124 Å². The highest BCUT2D eigenvalue weighted by Crippen LogP contribution is 2.27. The van der Waals surface area contributed by atoms with Gasteiger partial charge in [-0.15, -0.1) is 0 Å². The van der Waals surface area contributed by atoms with Gasteiger partial charge in [0.15, 0.2) is 0 Å². The maximum absolute atomic E-state index is 14.6. The van der Waals surface area contributed by atoms with Crippen LogP contribution in [-0.4, -0.2) is 50.9 Å². The van der Waals surface area contributed by atoms with Crippen molar-refractivity contribution in [2.24, 2.45) is 0 Å². The highest BCUT2D eigenvalue weighted by atomic mass is 79.9. The second kappa shape index (κ2) is 17.1. The van der Waals surface area contributed by atoms with Crippen LogP contribution in [0.15, 0.2) is 112 Å². The van der Waals surface area contributed by atoms with Crippen molar-refractivity contribution >= 4 is 43.5 Å². The summed E-state index contributed by atoms with van der Waals surface area (Å²) in [6.45, 7) is 6.29. The second-order valence-electron chi connectivity index (χ2n) is 11.3. The molecule has 1 N–H and O–H groups in total. The van der Waals surface area contributed by atoms with Crippen LogP contribution in [0.1, 0.15) is 43.4 Å². The summed E-state index contributed by atoms with van der Waals surface area (Å²) in [7, 11) is -4.19. The summed E-state index contributed by atoms with van der Waals surface area (Å²) in [5.41, 5.74) is 2.88. The van der Waals surface area contributed by atoms with Gasteiger partial charge >= 0.3 is 0 Å². The third-order valence-electron chi connectivity index (χ3n) is 7.67. The third-order valence-corrected chi connectivity index (χ3v) is 9.95. The zero-order chi connectivity index (χ0) is 33.8. The molecule has 4 aromatic carbocycles. The normalized spacial score (nSPS) is 11.8. The zero-order valence-electron chi connectivity index (χ0n) is 27.1. The predicted molar refractivity (Wildman–Crippen MR) is 190 cm³/mol. The number of rotatable bonds is 16. The van der Waals surface area contributed by atoms with Gasteiger partial charge in [-0.3, -0.25) is 13.9 Å². The molecule has 0 bridgehead atoms. The largest absolute Gasteiger partial charge is 0.494 e. The van der Waals surface area contributed by atoms with Gasteiger partial charge in [0.1, 0.15) is 18.3 Å². The number of hydrogen-bond acceptors (Lipinski definition) is 5. The maximum Gasteiger partial charge on any atom is 0.264 e. The van der Waals surface area contributed by atoms with Gasteiger partial charge in [0.2, 0.25) is 11.8 Å². The molecule has 0 saturated carbocycles. The number of unbranched alkanes of at least 4 members (excludes halogenated alkanes) is 1. The smallest absolute Gasteiger partial charge is 0.264 e. The Labute approximate surface area is 286 Å². The highest BCUT2D eigenvalue weighted by molar-refractivity contribution is 9.10. The number of nitrogens with zero attached hydrogens (tertiary/aromatic N) is 2. The molecule has 4 rings (SSSR count). The average molecular weight is 721 g/mol. The van der Waals surface area contributed by atoms with E-state index in [2.05, 4.69) is 21.2 Å². The second-order valence-corrected chi connectivity index (χ2v) is 14.0. The van der Waals surface area contributed by atoms with Crippen LogP contribution in [0.5, 0.6) is 5.75 Å². The Bertz CT molecular complexity index is 1720. The molecule has 248 valence electrons. The summed E-state index contributed by atoms with van der Waals surface area (Å²) in [5, 5.41) is 3.01. The van der Waals surface area contributed by atoms with Gasteiger partial charge in [0.05, 0.1) is 17.2 Å². The fourth-order valence-corrected chi connectivity index (χ4v) is 6.99. The summed E-state index contributed by atoms with van der Waals surface area (Å²) < 4.78 is 36.0. The average Bonchev–Trinajstić information content (AvgIpc) is 3.06. The molecule has 10 heteroatoms. The van der Waals surface area contributed by atoms with Crippen molar-refractivity contribution in [1.82, 2.24) is 10.2 Å². The molecule has 8 nitrogen and oxygen atoms in total. The first-order chi connectivity index (χ1) is 22.6. The lowest BCUT2D eigenvalue weighted by Crippen LogP contribution is -2.53. The lowest BCUT2D eigenvalue weighted by molar-refractivity contribution is -0.140. The monoisotopic (exact) mass is 719 g/mol. The highest BCUT2D eigenvalue weighted by Gasteiger charge is 2.34. The van der Waals surface area contributed by atoms with Gasteiger partial charge < -0.3 is 15.0 Å². The van der Waals surface area contributed by atoms with E-state index in [4.69, 9.17) is 4.74 Å². The number of nitrogens with one attached hydrogen (secondary N) is 1. The third kappa shape index (κ3) is 9.92. The topological polar surface area (TPSA) is 96.0 Å². The fourth-order valence-electron chi connectivity index (χ4n) is 5.13. The summed E-state index contributed by atoms with van der Waals surface area (Å²) in [5.74, 6) is -0.223. The standard InChI is InChI=1S/C37H42BrN3O5S/c1-4-6-23-39-37(43)35(25-29-11-8-7-9-12-29)40(26-30-13-10-14-31(38)24-30)36(42)27-41(32-17-19-33(20-18-32)46-5-2)47(44,45)34-21-15-28(3)16-22-34/h7-22,24,35H,4-6,23,25-27H2,1-3H3,(H,39,43)/t35-/m0/s1. The van der Waals surface area contributed by atoms with Crippen LogP contribution >= 0.6 is 15.9 Å². The van der Waals surface area contributed by atoms with E-state index in [0.717, 1.165) is 38.3 Å². The van der Waals surface area contributed by atoms with Crippen LogP contribution in [0.2, 0.25) is 0 Å². The summed E-state index contributed by atoms with van der Waals surface area (Å²) >= 11 is 3.52. The number of carbonyl (C=O) groups is 2. The minimum Gasteiger partial charge on any atom is -0.494 e. The van der Waals surface area contributed by atoms with Gasteiger partial charge in [-0.25, -0.2) is 8.42 Å². The molecule has 0 aromatic heterocycles. The van der Waals surface area contributed by atoms with E-state index in [1.54, 1.807) is 36.4 Å². The number of ether oxygens (including phenoxy) is 1. The quantitative estimate of drug-likeness (QED) is 0.127. The van der Waals surface area contributed by atoms with Gasteiger partial charge in [-0.1, -0.05) is 89.4 Å². The van der Waals surface area contributed by atoms with Gasteiger partial charge in [0, 0.05) is 24.0 Å². The molecule has 0 radical (unpaired) electrons. The number of carbonyl (C=O) groups excluding carboxylic acids is 2. The van der Waals surface area contributed by atoms with Crippen LogP contribution in [0.25, 0.3) is 0 Å². The molecule has 0 spiro atoms. The minimum atomic E-state index is -4.19. The molecule has 0 aliphatic rings. The van der Waals surface area contributed by atoms with E-state index in [9.17, 15) is 18.0 Å². The van der Waals surface area contributed by atoms with E-state index in [0.29, 0.717) is 24.6 Å². The Hall–Kier alpha value is -4.15. The van der Waals surface area contributed by atoms with E-state index >= 15 is 0 Å². The van der Waals surface area contributed by atoms with Crippen molar-refractivity contribution < 1.29 is 22.7 Å². The first-order valence-corrected chi connectivity index (χ1v) is 18.0. The summed E-state index contributed by atoms with van der Waals surface area (Å²) in [6, 6.07) is 29.3. The van der Waals surface area contributed by atoms with Crippen LogP contribution in [0, 0.1) is 6.92 Å². The summed E-state index contributed by atoms with van der Waals surface area (Å²) in [6.07, 6.45) is 1.95. The Morgan fingerprint density at radius 1 is 0.872 bits per heavy atom. The van der Waals surface area contributed by atoms with E-state index in [-0.39, 0.29) is 23.8 Å². The van der Waals surface area contributed by atoms with Crippen molar-refractivity contribution in [3.8, 4) is 5.75 Å². The van der Waals surface area contributed by atoms with Crippen LogP contribution < -0.4 is 14.4 Å². The zero-order valence-corrected chi connectivity index (χ0v) is 29.5. The molecule has 0 aliphatic carbocycles. The van der Waals surface area contributed by atoms with Crippen molar-refractivity contribution in [3.63, 3.8) is 0 Å². The fraction of sp³-hybridized carbons (Fsp3) is 0.297. The SMILES string of the molecule is CCCCNC(=O)[C@H](Cc1ccccc1)N(Cc1cccc(Br)c1)C(=O)CN(c1ccc(OCC)cc1)S(=O)(=O)c1ccc(C)cc1. The Balaban J connectivity index is 1.79. The molecule has 0 aliphatic heterocycles. The molecule has 0 fully saturated rings. The predicted octanol–water partition coefficient (Wildman–Crippen LogP) is 6.91. The summed E-state index contributed by atoms with van der Waals surface area (Å²) in [4.78, 5) is 30.0. The molecule has 47 heavy (non-hydrogen) atoms. The van der Waals surface area contributed by atoms with Crippen LogP contribution in [-0.2, 0) is 32.6 Å². The number of amides is 2. The first-order valence-electron chi connectivity index (χ1n) is 15.8. The molecular weight excluding hydrogens is 678 g/mol. The Morgan fingerprint density at radius 2 is 1.55 bits per heavy atom. The maximum atomic E-state index is 14.6. The van der Waals surface area contributed by atoms with Gasteiger partial charge in [0.25, 0.3) is 10.0 Å². The molecular formula is C37H42BrN3O5S. The number of hydrogen-bond donors (Lipinski definition) is 1. The van der Waals surface area contributed by atoms with Crippen molar-refractivity contribution in [2.75, 3.05) is 24.0 Å². The number of aryl methyl sites for hydroxylation is 1. The van der Waals surface area contributed by atoms with E-state index in [1.807, 2.05) is 75.4 Å². The van der Waals surface area contributed by atoms with Crippen LogP contribution in [0.3, 0.4) is 0 Å². The number of sulfonamides is 1. The van der Waals surface area contributed by atoms with Crippen molar-refractivity contribution in [1.29, 1.82) is 0 Å². The van der Waals surface area contributed by atoms with Gasteiger partial charge in [-0.05, 0) is 79.9 Å². The lowest BCUT2D eigenvalue weighted by atomic mass is 10.0. The Kier molecular flexibility index (Phi) is 13.0. The molecule has 1 atom stereocenters. The number of anilines is 1. The molecule has 2 amide bonds. The number of benzene rings is 4. The minimum absolute atomic E-state index is 0.0569. The van der Waals surface area contributed by atoms with Gasteiger partial charge in [-0.2, -0.15) is 0 Å². The van der Waals surface area contributed by atoms with E-state index in [1.165, 1.54) is 17.0 Å². The first kappa shape index (κ1) is 35.7. The molecule has 0 unspecified atom stereocenters. The molecule has 4 aromatic rings. The number of halogens is 1. The molecule has 0 saturated heterocycles. The van der Waals surface area contributed by atoms with E-state index < -0.39 is 28.5 Å². The Morgan fingerprint density at radius 3 is 2.19 bits per heavy atom. The van der Waals surface area contributed by atoms with Crippen molar-refractivity contribution in [2.45, 2.75) is 57.5 Å². The molecule has 0 heterocycles. The van der Waals surface area contributed by atoms with Crippen LogP contribution in [0.4, 0.5) is 5.69 Å². The lowest BCUT2D eigenvalue weighted by Gasteiger charge is -2.34.